The summed E-state index contributed by atoms with van der Waals surface area (Å²) in [6.45, 7) is 0. The largest absolute Gasteiger partial charge is 0.310 e. The van der Waals surface area contributed by atoms with Crippen LogP contribution in [0, 0.1) is 47.3 Å². The fraction of sp³-hybridized carbons (Fsp3) is 0.370. The molecule has 1 nitrogen and oxygen atoms in total. The monoisotopic (exact) mass is 711 g/mol. The van der Waals surface area contributed by atoms with Crippen molar-refractivity contribution in [2.75, 3.05) is 4.90 Å². The first-order valence-corrected chi connectivity index (χ1v) is 21.9. The van der Waals surface area contributed by atoms with Gasteiger partial charge in [0.05, 0.1) is 5.69 Å². The molecular weight excluding hydrogens is 663 g/mol. The number of rotatable bonds is 3. The molecule has 6 aromatic rings. The van der Waals surface area contributed by atoms with E-state index in [2.05, 4.69) is 132 Å². The molecule has 0 saturated heterocycles. The molecule has 0 radical (unpaired) electrons. The third-order valence-electron chi connectivity index (χ3n) is 17.6. The quantitative estimate of drug-likeness (QED) is 0.177. The SMILES string of the molecule is c1ccc2c(c1)-c1cc(N(c3ccc4ccccc4c3)c3cccc4c3-c3ccccc3C43C4CC5CC(C4)CC3C5)ccc1C21C2CC3CC(C2)CC1C3. The average molecular weight is 712 g/mol. The normalized spacial score (nSPS) is 34.7. The van der Waals surface area contributed by atoms with Gasteiger partial charge in [0.1, 0.15) is 0 Å². The van der Waals surface area contributed by atoms with Crippen molar-refractivity contribution in [1.29, 1.82) is 0 Å². The zero-order chi connectivity index (χ0) is 35.6. The van der Waals surface area contributed by atoms with Crippen molar-refractivity contribution in [3.63, 3.8) is 0 Å². The summed E-state index contributed by atoms with van der Waals surface area (Å²) in [4.78, 5) is 2.67. The summed E-state index contributed by atoms with van der Waals surface area (Å²) >= 11 is 0. The molecule has 0 N–H and O–H groups in total. The molecule has 10 aliphatic carbocycles. The van der Waals surface area contributed by atoms with Gasteiger partial charge < -0.3 is 4.90 Å². The third-order valence-corrected chi connectivity index (χ3v) is 17.6. The standard InChI is InChI=1S/C54H49N/c1-2-9-37-30-42(17-16-36(37)8-1)55(43-18-19-49-46(31-43)44-10-3-5-12-47(44)53(49)38-22-32-20-33(24-38)25-39(53)23-32)51-15-7-14-50-52(51)45-11-4-6-13-48(45)54(50)40-26-34-21-35(28-40)29-41(54)27-34/h1-19,30-35,38-41H,20-29H2. The number of nitrogens with zero attached hydrogens (tertiary/aromatic N) is 1. The van der Waals surface area contributed by atoms with Crippen molar-refractivity contribution in [2.24, 2.45) is 47.3 Å². The van der Waals surface area contributed by atoms with Gasteiger partial charge in [-0.05, 0) is 192 Å². The molecule has 16 rings (SSSR count). The van der Waals surface area contributed by atoms with Gasteiger partial charge in [-0.15, -0.1) is 0 Å². The van der Waals surface area contributed by atoms with E-state index >= 15 is 0 Å². The second-order valence-corrected chi connectivity index (χ2v) is 19.7. The maximum Gasteiger partial charge on any atom is 0.0543 e. The Morgan fingerprint density at radius 3 is 1.53 bits per heavy atom. The highest BCUT2D eigenvalue weighted by molar-refractivity contribution is 5.98. The Morgan fingerprint density at radius 2 is 0.855 bits per heavy atom. The van der Waals surface area contributed by atoms with E-state index in [0.29, 0.717) is 0 Å². The van der Waals surface area contributed by atoms with Crippen molar-refractivity contribution in [3.8, 4) is 22.3 Å². The van der Waals surface area contributed by atoms with Crippen LogP contribution < -0.4 is 4.90 Å². The molecule has 6 aromatic carbocycles. The Labute approximate surface area is 325 Å². The predicted octanol–water partition coefficient (Wildman–Crippen LogP) is 13.8. The van der Waals surface area contributed by atoms with E-state index in [-0.39, 0.29) is 10.8 Å². The van der Waals surface area contributed by atoms with Crippen LogP contribution in [0.3, 0.4) is 0 Å². The topological polar surface area (TPSA) is 3.24 Å². The van der Waals surface area contributed by atoms with Crippen LogP contribution in [0.5, 0.6) is 0 Å². The second-order valence-electron chi connectivity index (χ2n) is 19.7. The number of benzene rings is 6. The Hall–Kier alpha value is -4.62. The van der Waals surface area contributed by atoms with Gasteiger partial charge >= 0.3 is 0 Å². The molecule has 0 atom stereocenters. The fourth-order valence-corrected chi connectivity index (χ4v) is 16.4. The third kappa shape index (κ3) is 3.73. The van der Waals surface area contributed by atoms with Crippen molar-refractivity contribution < 1.29 is 0 Å². The zero-order valence-electron chi connectivity index (χ0n) is 31.8. The molecule has 0 amide bonds. The first-order valence-electron chi connectivity index (χ1n) is 21.9. The van der Waals surface area contributed by atoms with Crippen molar-refractivity contribution in [2.45, 2.75) is 75.0 Å². The van der Waals surface area contributed by atoms with Crippen LogP contribution in [-0.2, 0) is 10.8 Å². The van der Waals surface area contributed by atoms with Gasteiger partial charge in [-0.25, -0.2) is 0 Å². The first-order chi connectivity index (χ1) is 27.2. The summed E-state index contributed by atoms with van der Waals surface area (Å²) in [5, 5.41) is 2.60. The lowest BCUT2D eigenvalue weighted by atomic mass is 9.43. The van der Waals surface area contributed by atoms with E-state index in [0.717, 1.165) is 47.3 Å². The highest BCUT2D eigenvalue weighted by atomic mass is 15.1. The van der Waals surface area contributed by atoms with Gasteiger partial charge in [0.15, 0.2) is 0 Å². The van der Waals surface area contributed by atoms with Gasteiger partial charge in [-0.2, -0.15) is 0 Å². The molecule has 2 spiro atoms. The van der Waals surface area contributed by atoms with E-state index in [9.17, 15) is 0 Å². The van der Waals surface area contributed by atoms with Crippen LogP contribution in [0.15, 0.2) is 127 Å². The molecule has 0 unspecified atom stereocenters. The van der Waals surface area contributed by atoms with Crippen LogP contribution in [0.25, 0.3) is 33.0 Å². The minimum Gasteiger partial charge on any atom is -0.310 e. The zero-order valence-corrected chi connectivity index (χ0v) is 31.8. The Morgan fingerprint density at radius 1 is 0.364 bits per heavy atom. The Balaban J connectivity index is 1.01. The number of hydrogen-bond acceptors (Lipinski definition) is 1. The Bertz CT molecular complexity index is 2550. The van der Waals surface area contributed by atoms with Crippen LogP contribution in [0.4, 0.5) is 17.1 Å². The molecule has 0 aliphatic heterocycles. The van der Waals surface area contributed by atoms with Gasteiger partial charge in [0.25, 0.3) is 0 Å². The molecular formula is C54H49N. The Kier molecular flexibility index (Phi) is 5.90. The summed E-state index contributed by atoms with van der Waals surface area (Å²) in [5.74, 6) is 6.84. The van der Waals surface area contributed by atoms with Crippen LogP contribution in [0.1, 0.15) is 86.5 Å². The predicted molar refractivity (Wildman–Crippen MR) is 225 cm³/mol. The van der Waals surface area contributed by atoms with E-state index in [1.165, 1.54) is 114 Å². The van der Waals surface area contributed by atoms with Gasteiger partial charge in [0.2, 0.25) is 0 Å². The minimum atomic E-state index is 0.146. The second kappa shape index (κ2) is 10.6. The lowest BCUT2D eigenvalue weighted by molar-refractivity contribution is -0.0399. The lowest BCUT2D eigenvalue weighted by Gasteiger charge is -2.61. The fourth-order valence-electron chi connectivity index (χ4n) is 16.4. The first kappa shape index (κ1) is 30.6. The van der Waals surface area contributed by atoms with Gasteiger partial charge in [-0.3, -0.25) is 0 Å². The number of anilines is 3. The average Bonchev–Trinajstić information content (AvgIpc) is 3.67. The summed E-state index contributed by atoms with van der Waals surface area (Å²) in [6, 6.07) is 50.6. The highest BCUT2D eigenvalue weighted by Gasteiger charge is 2.63. The molecule has 8 saturated carbocycles. The molecule has 0 heterocycles. The van der Waals surface area contributed by atoms with E-state index in [1.54, 1.807) is 22.3 Å². The smallest absolute Gasteiger partial charge is 0.0543 e. The summed E-state index contributed by atoms with van der Waals surface area (Å²) in [7, 11) is 0. The number of hydrogen-bond donors (Lipinski definition) is 0. The van der Waals surface area contributed by atoms with Gasteiger partial charge in [0, 0.05) is 27.8 Å². The number of fused-ring (bicyclic) bond motifs is 7. The van der Waals surface area contributed by atoms with Crippen molar-refractivity contribution in [3.05, 3.63) is 150 Å². The molecule has 10 aliphatic rings. The molecule has 0 aromatic heterocycles. The maximum atomic E-state index is 2.67. The molecule has 270 valence electrons. The van der Waals surface area contributed by atoms with E-state index < -0.39 is 0 Å². The molecule has 8 fully saturated rings. The maximum absolute atomic E-state index is 2.67. The van der Waals surface area contributed by atoms with E-state index in [4.69, 9.17) is 0 Å². The summed E-state index contributed by atoms with van der Waals surface area (Å²) in [6.07, 6.45) is 14.3. The molecule has 1 heteroatoms. The van der Waals surface area contributed by atoms with Gasteiger partial charge in [-0.1, -0.05) is 97.1 Å². The van der Waals surface area contributed by atoms with Crippen molar-refractivity contribution >= 4 is 27.8 Å². The highest BCUT2D eigenvalue weighted by Crippen LogP contribution is 2.72. The summed E-state index contributed by atoms with van der Waals surface area (Å²) in [5.41, 5.74) is 16.8. The van der Waals surface area contributed by atoms with E-state index in [1.807, 2.05) is 0 Å². The van der Waals surface area contributed by atoms with Crippen molar-refractivity contribution in [1.82, 2.24) is 0 Å². The molecule has 55 heavy (non-hydrogen) atoms. The molecule has 8 bridgehead atoms. The minimum absolute atomic E-state index is 0.146. The van der Waals surface area contributed by atoms with Crippen LogP contribution in [0.2, 0.25) is 0 Å². The lowest BCUT2D eigenvalue weighted by Crippen LogP contribution is -2.55. The van der Waals surface area contributed by atoms with Crippen LogP contribution in [-0.4, -0.2) is 0 Å². The van der Waals surface area contributed by atoms with Crippen LogP contribution >= 0.6 is 0 Å². The summed E-state index contributed by atoms with van der Waals surface area (Å²) < 4.78 is 0.